The van der Waals surface area contributed by atoms with Crippen molar-refractivity contribution in [1.82, 2.24) is 0 Å². The molecule has 1 atom stereocenters. The van der Waals surface area contributed by atoms with Gasteiger partial charge in [0.15, 0.2) is 0 Å². The Morgan fingerprint density at radius 1 is 1.33 bits per heavy atom. The zero-order chi connectivity index (χ0) is 13.4. The van der Waals surface area contributed by atoms with Crippen LogP contribution in [0.25, 0.3) is 0 Å². The molecule has 0 bridgehead atoms. The molecule has 0 radical (unpaired) electrons. The van der Waals surface area contributed by atoms with Crippen molar-refractivity contribution in [2.45, 2.75) is 12.8 Å². The van der Waals surface area contributed by atoms with Gasteiger partial charge in [-0.3, -0.25) is 0 Å². The lowest BCUT2D eigenvalue weighted by atomic mass is 9.88. The molecule has 0 spiro atoms. The van der Waals surface area contributed by atoms with Crippen LogP contribution in [0.4, 0.5) is 0 Å². The molecule has 0 fully saturated rings. The monoisotopic (exact) mass is 235 g/mol. The van der Waals surface area contributed by atoms with Crippen LogP contribution in [-0.2, 0) is 0 Å². The Bertz CT molecular complexity index is 512. The molecule has 0 saturated heterocycles. The zero-order valence-corrected chi connectivity index (χ0v) is 10.6. The van der Waals surface area contributed by atoms with Gasteiger partial charge in [0.05, 0.1) is 12.0 Å². The van der Waals surface area contributed by atoms with E-state index in [-0.39, 0.29) is 5.92 Å². The number of nitrogens with zero attached hydrogens (tertiary/aromatic N) is 1. The van der Waals surface area contributed by atoms with Gasteiger partial charge in [-0.1, -0.05) is 67.8 Å². The van der Waals surface area contributed by atoms with Crippen molar-refractivity contribution < 1.29 is 0 Å². The molecule has 0 aliphatic heterocycles. The maximum atomic E-state index is 9.35. The topological polar surface area (TPSA) is 23.8 Å². The van der Waals surface area contributed by atoms with E-state index in [1.165, 1.54) is 0 Å². The molecule has 0 aliphatic carbocycles. The van der Waals surface area contributed by atoms with E-state index in [4.69, 9.17) is 0 Å². The second kappa shape index (κ2) is 7.09. The summed E-state index contributed by atoms with van der Waals surface area (Å²) in [6, 6.07) is 12.0. The summed E-state index contributed by atoms with van der Waals surface area (Å²) in [5, 5.41) is 9.35. The molecule has 1 heteroatoms. The summed E-state index contributed by atoms with van der Waals surface area (Å²) in [6.07, 6.45) is 7.45. The lowest BCUT2D eigenvalue weighted by Crippen LogP contribution is -2.00. The van der Waals surface area contributed by atoms with E-state index in [1.54, 1.807) is 6.08 Å². The first-order valence-corrected chi connectivity index (χ1v) is 5.83. The zero-order valence-electron chi connectivity index (χ0n) is 10.6. The van der Waals surface area contributed by atoms with Crippen LogP contribution in [0.2, 0.25) is 0 Å². The number of nitriles is 1. The molecular formula is C17H17N. The predicted molar refractivity (Wildman–Crippen MR) is 77.0 cm³/mol. The van der Waals surface area contributed by atoms with Crippen molar-refractivity contribution in [2.24, 2.45) is 0 Å². The van der Waals surface area contributed by atoms with Gasteiger partial charge < -0.3 is 0 Å². The van der Waals surface area contributed by atoms with Crippen molar-refractivity contribution in [3.8, 4) is 6.07 Å². The fourth-order valence-corrected chi connectivity index (χ4v) is 1.74. The second-order valence-electron chi connectivity index (χ2n) is 3.86. The number of rotatable bonds is 5. The van der Waals surface area contributed by atoms with Crippen LogP contribution in [0, 0.1) is 11.3 Å². The van der Waals surface area contributed by atoms with E-state index in [9.17, 15) is 5.26 Å². The highest BCUT2D eigenvalue weighted by Gasteiger charge is 2.15. The number of hydrogen-bond acceptors (Lipinski definition) is 1. The largest absolute Gasteiger partial charge is 0.197 e. The number of allylic oxidation sites excluding steroid dienone is 6. The predicted octanol–water partition coefficient (Wildman–Crippen LogP) is 4.54. The van der Waals surface area contributed by atoms with Crippen LogP contribution in [0.5, 0.6) is 0 Å². The van der Waals surface area contributed by atoms with Crippen LogP contribution >= 0.6 is 0 Å². The summed E-state index contributed by atoms with van der Waals surface area (Å²) in [6.45, 7) is 9.68. The Labute approximate surface area is 109 Å². The van der Waals surface area contributed by atoms with E-state index >= 15 is 0 Å². The van der Waals surface area contributed by atoms with Gasteiger partial charge in [0.2, 0.25) is 0 Å². The van der Waals surface area contributed by atoms with Gasteiger partial charge in [-0.25, -0.2) is 0 Å². The van der Waals surface area contributed by atoms with E-state index in [0.29, 0.717) is 0 Å². The van der Waals surface area contributed by atoms with Gasteiger partial charge in [0.25, 0.3) is 0 Å². The normalized spacial score (nSPS) is 13.0. The standard InChI is InChI=1S/C17H17N/c1-4-9-15(10-5-2)14(3)17(13-18)16-11-7-6-8-12-16/h4-12,17H,1,3H2,2H3/b10-5-,15-9+. The quantitative estimate of drug-likeness (QED) is 0.687. The molecule has 1 rings (SSSR count). The van der Waals surface area contributed by atoms with E-state index in [1.807, 2.05) is 55.5 Å². The maximum Gasteiger partial charge on any atom is 0.0962 e. The first-order chi connectivity index (χ1) is 8.74. The summed E-state index contributed by atoms with van der Waals surface area (Å²) < 4.78 is 0. The first-order valence-electron chi connectivity index (χ1n) is 5.83. The fourth-order valence-electron chi connectivity index (χ4n) is 1.74. The molecule has 18 heavy (non-hydrogen) atoms. The molecule has 0 amide bonds. The van der Waals surface area contributed by atoms with Gasteiger partial charge in [-0.05, 0) is 23.6 Å². The maximum absolute atomic E-state index is 9.35. The van der Waals surface area contributed by atoms with Gasteiger partial charge in [0, 0.05) is 0 Å². The van der Waals surface area contributed by atoms with Gasteiger partial charge in [-0.2, -0.15) is 5.26 Å². The minimum atomic E-state index is -0.325. The Balaban J connectivity index is 3.11. The highest BCUT2D eigenvalue weighted by molar-refractivity contribution is 5.49. The molecule has 1 aromatic carbocycles. The molecule has 90 valence electrons. The summed E-state index contributed by atoms with van der Waals surface area (Å²) in [7, 11) is 0. The van der Waals surface area contributed by atoms with Crippen molar-refractivity contribution in [2.75, 3.05) is 0 Å². The van der Waals surface area contributed by atoms with Gasteiger partial charge in [-0.15, -0.1) is 0 Å². The minimum absolute atomic E-state index is 0.325. The van der Waals surface area contributed by atoms with Crippen molar-refractivity contribution in [3.63, 3.8) is 0 Å². The highest BCUT2D eigenvalue weighted by Crippen LogP contribution is 2.28. The average Bonchev–Trinajstić information content (AvgIpc) is 2.40. The van der Waals surface area contributed by atoms with Crippen molar-refractivity contribution in [1.29, 1.82) is 5.26 Å². The molecule has 0 N–H and O–H groups in total. The van der Waals surface area contributed by atoms with Gasteiger partial charge >= 0.3 is 0 Å². The van der Waals surface area contributed by atoms with E-state index in [0.717, 1.165) is 16.7 Å². The Hall–Kier alpha value is -2.33. The van der Waals surface area contributed by atoms with E-state index in [2.05, 4.69) is 19.2 Å². The Kier molecular flexibility index (Phi) is 5.41. The highest BCUT2D eigenvalue weighted by atomic mass is 14.3. The Morgan fingerprint density at radius 2 is 2.00 bits per heavy atom. The lowest BCUT2D eigenvalue weighted by molar-refractivity contribution is 1.03. The first kappa shape index (κ1) is 13.7. The molecule has 1 nitrogen and oxygen atoms in total. The molecule has 0 aliphatic rings. The lowest BCUT2D eigenvalue weighted by Gasteiger charge is -2.13. The molecule has 1 aromatic rings. The summed E-state index contributed by atoms with van der Waals surface area (Å²) in [4.78, 5) is 0. The fraction of sp³-hybridized carbons (Fsp3) is 0.118. The molecule has 0 aromatic heterocycles. The van der Waals surface area contributed by atoms with Crippen LogP contribution in [-0.4, -0.2) is 0 Å². The average molecular weight is 235 g/mol. The van der Waals surface area contributed by atoms with Crippen LogP contribution in [0.1, 0.15) is 18.4 Å². The van der Waals surface area contributed by atoms with Crippen molar-refractivity contribution in [3.05, 3.63) is 84.5 Å². The molecular weight excluding hydrogens is 218 g/mol. The number of benzene rings is 1. The van der Waals surface area contributed by atoms with Crippen LogP contribution < -0.4 is 0 Å². The minimum Gasteiger partial charge on any atom is -0.197 e. The summed E-state index contributed by atoms with van der Waals surface area (Å²) in [5.74, 6) is -0.325. The summed E-state index contributed by atoms with van der Waals surface area (Å²) in [5.41, 5.74) is 2.69. The third kappa shape index (κ3) is 3.33. The van der Waals surface area contributed by atoms with Crippen LogP contribution in [0.15, 0.2) is 78.9 Å². The molecule has 0 heterocycles. The van der Waals surface area contributed by atoms with E-state index < -0.39 is 0 Å². The molecule has 0 saturated carbocycles. The third-order valence-electron chi connectivity index (χ3n) is 2.62. The van der Waals surface area contributed by atoms with Crippen LogP contribution in [0.3, 0.4) is 0 Å². The van der Waals surface area contributed by atoms with Crippen molar-refractivity contribution >= 4 is 0 Å². The molecule has 1 unspecified atom stereocenters. The smallest absolute Gasteiger partial charge is 0.0962 e. The van der Waals surface area contributed by atoms with Gasteiger partial charge in [0.1, 0.15) is 0 Å². The third-order valence-corrected chi connectivity index (χ3v) is 2.62. The number of hydrogen-bond donors (Lipinski definition) is 0. The summed E-state index contributed by atoms with van der Waals surface area (Å²) >= 11 is 0. The Morgan fingerprint density at radius 3 is 2.50 bits per heavy atom. The second-order valence-corrected chi connectivity index (χ2v) is 3.86. The SMILES string of the molecule is C=C/C=C(\C=C/C)C(=C)C(C#N)c1ccccc1.